The second-order valence-corrected chi connectivity index (χ2v) is 5.21. The lowest BCUT2D eigenvalue weighted by molar-refractivity contribution is -0.117. The Morgan fingerprint density at radius 2 is 2.24 bits per heavy atom. The van der Waals surface area contributed by atoms with E-state index in [0.717, 1.165) is 50.3 Å². The quantitative estimate of drug-likeness (QED) is 0.416. The number of carbonyl (C=O) groups is 1. The molecule has 1 aliphatic carbocycles. The molecule has 1 saturated heterocycles. The van der Waals surface area contributed by atoms with Crippen molar-refractivity contribution >= 4 is 19.5 Å². The second kappa shape index (κ2) is 10.2. The van der Waals surface area contributed by atoms with Gasteiger partial charge in [0.2, 0.25) is 0 Å². The van der Waals surface area contributed by atoms with Gasteiger partial charge in [-0.05, 0) is 38.3 Å². The molecule has 21 heavy (non-hydrogen) atoms. The first kappa shape index (κ1) is 17.5. The van der Waals surface area contributed by atoms with Crippen molar-refractivity contribution < 1.29 is 14.8 Å². The number of nitrogens with zero attached hydrogens (tertiary/aromatic N) is 1. The number of amides is 1. The van der Waals surface area contributed by atoms with Crippen molar-refractivity contribution in [3.05, 3.63) is 23.8 Å². The Morgan fingerprint density at radius 3 is 2.86 bits per heavy atom. The number of hydrogen-bond acceptors (Lipinski definition) is 5. The fourth-order valence-corrected chi connectivity index (χ4v) is 2.48. The van der Waals surface area contributed by atoms with Gasteiger partial charge in [-0.1, -0.05) is 29.8 Å². The Balaban J connectivity index is 0.000000491. The molecule has 0 spiro atoms. The van der Waals surface area contributed by atoms with E-state index in [-0.39, 0.29) is 18.9 Å². The first-order chi connectivity index (χ1) is 10.2. The summed E-state index contributed by atoms with van der Waals surface area (Å²) >= 11 is 0. The van der Waals surface area contributed by atoms with Gasteiger partial charge in [0.1, 0.15) is 0 Å². The number of nitrogens with two attached hydrogens (primary N) is 1. The highest BCUT2D eigenvalue weighted by molar-refractivity contribution is 6.50. The van der Waals surface area contributed by atoms with Crippen LogP contribution < -0.4 is 11.2 Å². The number of allylic oxidation sites excluding steroid dienone is 2. The van der Waals surface area contributed by atoms with E-state index in [2.05, 4.69) is 28.0 Å². The van der Waals surface area contributed by atoms with Gasteiger partial charge in [-0.3, -0.25) is 4.79 Å². The Hall–Kier alpha value is -1.60. The minimum absolute atomic E-state index is 0.0438. The molecule has 2 rings (SSSR count). The second-order valence-electron chi connectivity index (χ2n) is 5.21. The van der Waals surface area contributed by atoms with E-state index < -0.39 is 0 Å². The molecular formula is C14H24BN3O3. The van der Waals surface area contributed by atoms with E-state index in [1.807, 2.05) is 18.2 Å². The average molecular weight is 293 g/mol. The average Bonchev–Trinajstić information content (AvgIpc) is 2.73. The third kappa shape index (κ3) is 7.10. The van der Waals surface area contributed by atoms with Crippen LogP contribution in [0.15, 0.2) is 29.0 Å². The zero-order valence-corrected chi connectivity index (χ0v) is 12.3. The van der Waals surface area contributed by atoms with Gasteiger partial charge in [-0.2, -0.15) is 0 Å². The lowest BCUT2D eigenvalue weighted by atomic mass is 9.61. The first-order valence-electron chi connectivity index (χ1n) is 7.35. The molecular weight excluding hydrogens is 269 g/mol. The van der Waals surface area contributed by atoms with Crippen LogP contribution in [0.2, 0.25) is 12.6 Å². The molecule has 6 nitrogen and oxygen atoms in total. The topological polar surface area (TPSA) is 96.9 Å². The van der Waals surface area contributed by atoms with E-state index in [9.17, 15) is 9.82 Å². The summed E-state index contributed by atoms with van der Waals surface area (Å²) in [6, 6.07) is 0.232. The van der Waals surface area contributed by atoms with Crippen molar-refractivity contribution in [2.45, 2.75) is 50.8 Å². The number of nitrogens with one attached hydrogen (secondary N) is 1. The van der Waals surface area contributed by atoms with Crippen LogP contribution in [0.25, 0.3) is 0 Å². The summed E-state index contributed by atoms with van der Waals surface area (Å²) in [7, 11) is 0. The van der Waals surface area contributed by atoms with Crippen LogP contribution >= 0.6 is 0 Å². The molecule has 0 aromatic rings. The molecule has 116 valence electrons. The Bertz CT molecular complexity index is 399. The van der Waals surface area contributed by atoms with Crippen LogP contribution in [0.5, 0.6) is 0 Å². The van der Waals surface area contributed by atoms with Crippen molar-refractivity contribution in [1.29, 1.82) is 0 Å². The highest BCUT2D eigenvalue weighted by Gasteiger charge is 2.22. The summed E-state index contributed by atoms with van der Waals surface area (Å²) in [6.07, 6.45) is 12.5. The first-order valence-corrected chi connectivity index (χ1v) is 7.35. The predicted molar refractivity (Wildman–Crippen MR) is 84.6 cm³/mol. The molecule has 4 N–H and O–H groups in total. The number of rotatable bonds is 3. The molecule has 0 saturated carbocycles. The van der Waals surface area contributed by atoms with Crippen LogP contribution in [-0.4, -0.2) is 30.6 Å². The van der Waals surface area contributed by atoms with Gasteiger partial charge in [-0.15, -0.1) is 5.90 Å². The van der Waals surface area contributed by atoms with Gasteiger partial charge in [0.05, 0.1) is 0 Å². The van der Waals surface area contributed by atoms with Gasteiger partial charge >= 0.3 is 0 Å². The van der Waals surface area contributed by atoms with E-state index >= 15 is 0 Å². The molecule has 1 unspecified atom stereocenters. The summed E-state index contributed by atoms with van der Waals surface area (Å²) in [5.74, 6) is 4.34. The summed E-state index contributed by atoms with van der Waals surface area (Å²) < 4.78 is 0. The molecule has 0 aromatic heterocycles. The maximum atomic E-state index is 12.0. The van der Waals surface area contributed by atoms with Gasteiger partial charge in [0.15, 0.2) is 0 Å². The van der Waals surface area contributed by atoms with E-state index in [0.29, 0.717) is 0 Å². The largest absolute Gasteiger partial charge is 0.450 e. The number of hydrogen-bond donors (Lipinski definition) is 3. The SMILES string of the molecule is C=NON.O=C(NC1CCCB(O)CC1)C1=CCCC=C1. The van der Waals surface area contributed by atoms with Crippen molar-refractivity contribution in [2.24, 2.45) is 11.1 Å². The van der Waals surface area contributed by atoms with Crippen LogP contribution in [0, 0.1) is 0 Å². The number of carbonyl (C=O) groups excluding carboxylic acids is 1. The van der Waals surface area contributed by atoms with Crippen molar-refractivity contribution in [2.75, 3.05) is 0 Å². The van der Waals surface area contributed by atoms with Crippen LogP contribution in [0.1, 0.15) is 32.1 Å². The molecule has 7 heteroatoms. The van der Waals surface area contributed by atoms with Gasteiger partial charge in [-0.25, -0.2) is 0 Å². The maximum Gasteiger partial charge on any atom is 0.289 e. The summed E-state index contributed by atoms with van der Waals surface area (Å²) in [5.41, 5.74) is 0.793. The lowest BCUT2D eigenvalue weighted by Gasteiger charge is -2.17. The molecule has 1 atom stereocenters. The smallest absolute Gasteiger partial charge is 0.289 e. The Kier molecular flexibility index (Phi) is 8.46. The summed E-state index contributed by atoms with van der Waals surface area (Å²) in [6.45, 7) is 2.71. The monoisotopic (exact) mass is 293 g/mol. The third-order valence-electron chi connectivity index (χ3n) is 3.61. The van der Waals surface area contributed by atoms with Crippen molar-refractivity contribution in [3.8, 4) is 0 Å². The molecule has 1 amide bonds. The van der Waals surface area contributed by atoms with E-state index in [1.165, 1.54) is 0 Å². The third-order valence-corrected chi connectivity index (χ3v) is 3.61. The molecule has 2 aliphatic rings. The van der Waals surface area contributed by atoms with E-state index in [1.54, 1.807) is 0 Å². The zero-order valence-electron chi connectivity index (χ0n) is 12.3. The Labute approximate surface area is 126 Å². The summed E-state index contributed by atoms with van der Waals surface area (Å²) in [4.78, 5) is 15.5. The summed E-state index contributed by atoms with van der Waals surface area (Å²) in [5, 5.41) is 15.4. The van der Waals surface area contributed by atoms with E-state index in [4.69, 9.17) is 0 Å². The van der Waals surface area contributed by atoms with Crippen LogP contribution in [0.4, 0.5) is 0 Å². The normalized spacial score (nSPS) is 21.3. The van der Waals surface area contributed by atoms with Gasteiger partial charge in [0, 0.05) is 18.3 Å². The predicted octanol–water partition coefficient (Wildman–Crippen LogP) is 1.41. The standard InChI is InChI=1S/C13H20BNO2.CH4N2O/c16-13(11-5-2-1-3-6-11)15-12-7-4-9-14(17)10-8-12;1-3-4-2/h2,5-6,12,17H,1,3-4,7-10H2,(H,15,16);1-2H2. The fraction of sp³-hybridized carbons (Fsp3) is 0.571. The van der Waals surface area contributed by atoms with Gasteiger partial charge in [0.25, 0.3) is 12.8 Å². The molecule has 1 heterocycles. The minimum atomic E-state index is -0.175. The van der Waals surface area contributed by atoms with Gasteiger partial charge < -0.3 is 15.3 Å². The van der Waals surface area contributed by atoms with Crippen molar-refractivity contribution in [1.82, 2.24) is 5.32 Å². The van der Waals surface area contributed by atoms with Crippen LogP contribution in [0.3, 0.4) is 0 Å². The molecule has 1 fully saturated rings. The molecule has 0 bridgehead atoms. The minimum Gasteiger partial charge on any atom is -0.450 e. The molecule has 0 radical (unpaired) electrons. The highest BCUT2D eigenvalue weighted by Crippen LogP contribution is 2.18. The number of oxime groups is 1. The molecule has 0 aromatic carbocycles. The van der Waals surface area contributed by atoms with Crippen LogP contribution in [-0.2, 0) is 9.73 Å². The lowest BCUT2D eigenvalue weighted by Crippen LogP contribution is -2.35. The van der Waals surface area contributed by atoms with Crippen molar-refractivity contribution in [3.63, 3.8) is 0 Å². The maximum absolute atomic E-state index is 12.0. The Morgan fingerprint density at radius 1 is 1.48 bits per heavy atom. The fourth-order valence-electron chi connectivity index (χ4n) is 2.48. The molecule has 1 aliphatic heterocycles. The zero-order chi connectivity index (χ0) is 15.5. The highest BCUT2D eigenvalue weighted by atomic mass is 16.7.